The van der Waals surface area contributed by atoms with Gasteiger partial charge in [0, 0.05) is 17.0 Å². The van der Waals surface area contributed by atoms with Gasteiger partial charge < -0.3 is 19.0 Å². The summed E-state index contributed by atoms with van der Waals surface area (Å²) in [5.74, 6) is 1.54. The molecule has 202 valence electrons. The van der Waals surface area contributed by atoms with Crippen molar-refractivity contribution in [1.29, 1.82) is 0 Å². The van der Waals surface area contributed by atoms with Crippen molar-refractivity contribution >= 4 is 17.4 Å². The molecule has 1 saturated carbocycles. The van der Waals surface area contributed by atoms with Crippen LogP contribution >= 0.6 is 0 Å². The minimum absolute atomic E-state index is 0.289. The van der Waals surface area contributed by atoms with E-state index in [1.54, 1.807) is 26.4 Å². The van der Waals surface area contributed by atoms with E-state index in [2.05, 4.69) is 41.6 Å². The average molecular weight is 527 g/mol. The Morgan fingerprint density at radius 3 is 2.26 bits per heavy atom. The van der Waals surface area contributed by atoms with Crippen LogP contribution in [0.1, 0.15) is 76.7 Å². The first-order valence-corrected chi connectivity index (χ1v) is 13.3. The van der Waals surface area contributed by atoms with Gasteiger partial charge in [-0.3, -0.25) is 4.99 Å². The van der Waals surface area contributed by atoms with E-state index in [0.717, 1.165) is 58.0 Å². The number of rotatable bonds is 8. The summed E-state index contributed by atoms with van der Waals surface area (Å²) in [6.45, 7) is 2.23. The summed E-state index contributed by atoms with van der Waals surface area (Å²) in [6.07, 6.45) is 4.70. The number of fused-ring (bicyclic) bond motifs is 3. The average Bonchev–Trinajstić information content (AvgIpc) is 2.99. The van der Waals surface area contributed by atoms with Gasteiger partial charge in [-0.15, -0.1) is 0 Å². The van der Waals surface area contributed by atoms with E-state index in [1.807, 2.05) is 19.1 Å². The molecule has 0 bridgehead atoms. The Balaban J connectivity index is 1.34. The fraction of sp³-hybridized carbons (Fsp3) is 0.344. The molecule has 1 aliphatic carbocycles. The van der Waals surface area contributed by atoms with Crippen molar-refractivity contribution in [1.82, 2.24) is 0 Å². The highest BCUT2D eigenvalue weighted by atomic mass is 16.6. The number of ether oxygens (including phenoxy) is 3. The first-order valence-electron chi connectivity index (χ1n) is 13.3. The number of hydrogen-bond donors (Lipinski definition) is 0. The lowest BCUT2D eigenvalue weighted by Gasteiger charge is -2.35. The normalized spacial score (nSPS) is 18.4. The van der Waals surface area contributed by atoms with E-state index < -0.39 is 0 Å². The second-order valence-electron chi connectivity index (χ2n) is 9.95. The predicted octanol–water partition coefficient (Wildman–Crippen LogP) is 6.31. The van der Waals surface area contributed by atoms with Crippen LogP contribution in [0, 0.1) is 0 Å². The standard InChI is InChI=1S/C32H34N2O5/c1-20(34-39-19-21-9-11-24(12-10-21)32(35)38-4)22-13-15-23(16-14-22)31-27-18-30(37-3)29(36-2)17-26(27)25-7-5-6-8-28(25)33-31/h9-18,25,28H,5-8,19H2,1-4H3/b34-20-/t25-,28-/m1/s1. The number of aliphatic imine (C=N–C) groups is 1. The molecular weight excluding hydrogens is 492 g/mol. The van der Waals surface area contributed by atoms with Gasteiger partial charge in [0.25, 0.3) is 0 Å². The molecule has 39 heavy (non-hydrogen) atoms. The third-order valence-electron chi connectivity index (χ3n) is 7.62. The third kappa shape index (κ3) is 5.53. The zero-order valence-electron chi connectivity index (χ0n) is 22.9. The molecule has 0 N–H and O–H groups in total. The van der Waals surface area contributed by atoms with Crippen LogP contribution in [0.2, 0.25) is 0 Å². The van der Waals surface area contributed by atoms with Crippen LogP contribution in [-0.4, -0.2) is 44.8 Å². The summed E-state index contributed by atoms with van der Waals surface area (Å²) in [5, 5.41) is 4.30. The summed E-state index contributed by atoms with van der Waals surface area (Å²) in [6, 6.07) is 19.9. The largest absolute Gasteiger partial charge is 0.493 e. The number of carbonyl (C=O) groups is 1. The van der Waals surface area contributed by atoms with Gasteiger partial charge in [-0.25, -0.2) is 4.79 Å². The highest BCUT2D eigenvalue weighted by molar-refractivity contribution is 6.15. The molecule has 0 spiro atoms. The number of esters is 1. The summed E-state index contributed by atoms with van der Waals surface area (Å²) >= 11 is 0. The first kappa shape index (κ1) is 26.5. The molecule has 0 saturated heterocycles. The van der Waals surface area contributed by atoms with Gasteiger partial charge in [0.05, 0.1) is 44.4 Å². The van der Waals surface area contributed by atoms with E-state index >= 15 is 0 Å². The molecule has 2 aliphatic rings. The summed E-state index contributed by atoms with van der Waals surface area (Å²) in [7, 11) is 4.72. The van der Waals surface area contributed by atoms with Gasteiger partial charge in [0.2, 0.25) is 0 Å². The van der Waals surface area contributed by atoms with Crippen molar-refractivity contribution in [2.75, 3.05) is 21.3 Å². The highest BCUT2D eigenvalue weighted by Crippen LogP contribution is 2.44. The molecule has 0 unspecified atom stereocenters. The number of oxime groups is 1. The molecule has 7 nitrogen and oxygen atoms in total. The van der Waals surface area contributed by atoms with Crippen LogP contribution in [0.3, 0.4) is 0 Å². The maximum atomic E-state index is 11.6. The van der Waals surface area contributed by atoms with E-state index in [-0.39, 0.29) is 12.0 Å². The number of benzene rings is 3. The van der Waals surface area contributed by atoms with E-state index in [1.165, 1.54) is 25.5 Å². The monoisotopic (exact) mass is 526 g/mol. The summed E-state index contributed by atoms with van der Waals surface area (Å²) in [5.41, 5.74) is 7.65. The highest BCUT2D eigenvalue weighted by Gasteiger charge is 2.34. The van der Waals surface area contributed by atoms with Crippen LogP contribution in [0.4, 0.5) is 0 Å². The van der Waals surface area contributed by atoms with Gasteiger partial charge in [-0.1, -0.05) is 54.4 Å². The van der Waals surface area contributed by atoms with E-state index in [0.29, 0.717) is 18.1 Å². The maximum absolute atomic E-state index is 11.6. The first-order chi connectivity index (χ1) is 19.0. The lowest BCUT2D eigenvalue weighted by Crippen LogP contribution is -2.29. The Kier molecular flexibility index (Phi) is 7.96. The third-order valence-corrected chi connectivity index (χ3v) is 7.62. The van der Waals surface area contributed by atoms with Gasteiger partial charge >= 0.3 is 5.97 Å². The minimum Gasteiger partial charge on any atom is -0.493 e. The maximum Gasteiger partial charge on any atom is 0.337 e. The number of hydrogen-bond acceptors (Lipinski definition) is 7. The van der Waals surface area contributed by atoms with Crippen molar-refractivity contribution in [3.05, 3.63) is 94.0 Å². The molecule has 1 fully saturated rings. The molecule has 7 heteroatoms. The molecule has 3 aromatic rings. The minimum atomic E-state index is -0.361. The predicted molar refractivity (Wildman–Crippen MR) is 151 cm³/mol. The molecule has 0 amide bonds. The van der Waals surface area contributed by atoms with Crippen molar-refractivity contribution in [3.63, 3.8) is 0 Å². The summed E-state index contributed by atoms with van der Waals surface area (Å²) < 4.78 is 16.0. The van der Waals surface area contributed by atoms with Crippen molar-refractivity contribution in [2.24, 2.45) is 10.1 Å². The van der Waals surface area contributed by atoms with Crippen LogP contribution in [0.15, 0.2) is 70.8 Å². The second-order valence-corrected chi connectivity index (χ2v) is 9.95. The molecular formula is C32H34N2O5. The molecule has 0 aromatic heterocycles. The van der Waals surface area contributed by atoms with Gasteiger partial charge in [0.1, 0.15) is 6.61 Å². The quantitative estimate of drug-likeness (QED) is 0.195. The topological polar surface area (TPSA) is 78.7 Å². The van der Waals surface area contributed by atoms with Crippen LogP contribution < -0.4 is 9.47 Å². The fourth-order valence-corrected chi connectivity index (χ4v) is 5.48. The molecule has 0 radical (unpaired) electrons. The van der Waals surface area contributed by atoms with Gasteiger partial charge in [-0.05, 0) is 60.7 Å². The Morgan fingerprint density at radius 1 is 0.897 bits per heavy atom. The van der Waals surface area contributed by atoms with Crippen molar-refractivity contribution in [2.45, 2.75) is 51.2 Å². The number of methoxy groups -OCH3 is 3. The number of carbonyl (C=O) groups excluding carboxylic acids is 1. The van der Waals surface area contributed by atoms with Crippen LogP contribution in [-0.2, 0) is 16.2 Å². The van der Waals surface area contributed by atoms with E-state index in [9.17, 15) is 4.79 Å². The Hall–Kier alpha value is -4.13. The number of nitrogens with zero attached hydrogens (tertiary/aromatic N) is 2. The lowest BCUT2D eigenvalue weighted by molar-refractivity contribution is 0.0600. The van der Waals surface area contributed by atoms with E-state index in [4.69, 9.17) is 24.0 Å². The second kappa shape index (κ2) is 11.7. The molecule has 3 aromatic carbocycles. The van der Waals surface area contributed by atoms with Crippen molar-refractivity contribution in [3.8, 4) is 11.5 Å². The van der Waals surface area contributed by atoms with Gasteiger partial charge in [0.15, 0.2) is 11.5 Å². The zero-order chi connectivity index (χ0) is 27.4. The Labute approximate surface area is 229 Å². The van der Waals surface area contributed by atoms with Gasteiger partial charge in [-0.2, -0.15) is 0 Å². The zero-order valence-corrected chi connectivity index (χ0v) is 22.9. The van der Waals surface area contributed by atoms with Crippen molar-refractivity contribution < 1.29 is 23.8 Å². The molecule has 2 atom stereocenters. The molecule has 5 rings (SSSR count). The fourth-order valence-electron chi connectivity index (χ4n) is 5.48. The Bertz CT molecular complexity index is 1390. The SMILES string of the molecule is COC(=O)c1ccc(CO/N=C(/C)c2ccc(C3=N[C@@H]4CCCC[C@@H]4c4cc(OC)c(OC)cc43)cc2)cc1. The summed E-state index contributed by atoms with van der Waals surface area (Å²) in [4.78, 5) is 22.4. The Morgan fingerprint density at radius 2 is 1.56 bits per heavy atom. The van der Waals surface area contributed by atoms with Crippen LogP contribution in [0.25, 0.3) is 0 Å². The molecule has 1 heterocycles. The molecule has 1 aliphatic heterocycles. The van der Waals surface area contributed by atoms with Crippen LogP contribution in [0.5, 0.6) is 11.5 Å². The smallest absolute Gasteiger partial charge is 0.337 e. The lowest BCUT2D eigenvalue weighted by atomic mass is 9.75.